The summed E-state index contributed by atoms with van der Waals surface area (Å²) in [5, 5.41) is 0. The zero-order valence-electron chi connectivity index (χ0n) is 12.9. The molecule has 0 aliphatic heterocycles. The van der Waals surface area contributed by atoms with Crippen molar-refractivity contribution in [1.29, 1.82) is 0 Å². The topological polar surface area (TPSA) is 26.3 Å². The number of hydrogen-bond acceptors (Lipinski definition) is 3. The number of thioether (sulfide) groups is 1. The molecule has 0 spiro atoms. The number of esters is 1. The van der Waals surface area contributed by atoms with E-state index in [1.807, 2.05) is 6.26 Å². The van der Waals surface area contributed by atoms with E-state index in [0.717, 1.165) is 12.2 Å². The maximum absolute atomic E-state index is 11.3. The molecule has 0 aliphatic carbocycles. The molecule has 2 nitrogen and oxygen atoms in total. The molecule has 19 heavy (non-hydrogen) atoms. The molecule has 0 unspecified atom stereocenters. The second kappa shape index (κ2) is 15.9. The van der Waals surface area contributed by atoms with Gasteiger partial charge in [-0.1, -0.05) is 64.7 Å². The highest BCUT2D eigenvalue weighted by atomic mass is 32.2. The molecule has 0 aromatic carbocycles. The van der Waals surface area contributed by atoms with Crippen molar-refractivity contribution in [1.82, 2.24) is 0 Å². The molecule has 0 amide bonds. The molecule has 3 heteroatoms. The van der Waals surface area contributed by atoms with Gasteiger partial charge in [-0.25, -0.2) is 0 Å². The minimum absolute atomic E-state index is 0.0198. The van der Waals surface area contributed by atoms with Crippen LogP contribution >= 0.6 is 11.8 Å². The number of carbonyl (C=O) groups is 1. The largest absolute Gasteiger partial charge is 0.465 e. The van der Waals surface area contributed by atoms with Crippen LogP contribution in [0.15, 0.2) is 0 Å². The first kappa shape index (κ1) is 18.8. The number of rotatable bonds is 14. The molecule has 0 aromatic heterocycles. The minimum Gasteiger partial charge on any atom is -0.465 e. The third kappa shape index (κ3) is 15.8. The first-order valence-electron chi connectivity index (χ1n) is 7.95. The molecule has 0 aromatic rings. The van der Waals surface area contributed by atoms with Gasteiger partial charge in [0.05, 0.1) is 0 Å². The quantitative estimate of drug-likeness (QED) is 0.324. The highest BCUT2D eigenvalue weighted by Gasteiger charge is 2.01. The monoisotopic (exact) mass is 288 g/mol. The summed E-state index contributed by atoms with van der Waals surface area (Å²) in [6.45, 7) is 2.82. The number of ether oxygens (including phenoxy) is 1. The van der Waals surface area contributed by atoms with Crippen molar-refractivity contribution in [2.24, 2.45) is 0 Å². The van der Waals surface area contributed by atoms with E-state index in [1.54, 1.807) is 11.8 Å². The second-order valence-corrected chi connectivity index (χ2v) is 6.13. The molecule has 0 fully saturated rings. The summed E-state index contributed by atoms with van der Waals surface area (Å²) in [5.74, 6) is 0.887. The molecule has 114 valence electrons. The van der Waals surface area contributed by atoms with Crippen molar-refractivity contribution < 1.29 is 9.53 Å². The van der Waals surface area contributed by atoms with Crippen LogP contribution in [-0.4, -0.2) is 24.6 Å². The fraction of sp³-hybridized carbons (Fsp3) is 0.938. The summed E-state index contributed by atoms with van der Waals surface area (Å²) in [6.07, 6.45) is 15.7. The smallest absolute Gasteiger partial charge is 0.305 e. The molecule has 0 aliphatic rings. The van der Waals surface area contributed by atoms with Crippen LogP contribution in [0.5, 0.6) is 0 Å². The van der Waals surface area contributed by atoms with Gasteiger partial charge in [-0.05, 0) is 12.7 Å². The number of unbranched alkanes of at least 4 members (excludes halogenated alkanes) is 9. The van der Waals surface area contributed by atoms with Crippen molar-refractivity contribution in [3.05, 3.63) is 0 Å². The molecule has 0 radical (unpaired) electrons. The van der Waals surface area contributed by atoms with E-state index in [0.29, 0.717) is 13.0 Å². The van der Waals surface area contributed by atoms with Crippen LogP contribution in [0.2, 0.25) is 0 Å². The first-order valence-corrected chi connectivity index (χ1v) is 9.35. The third-order valence-electron chi connectivity index (χ3n) is 3.28. The fourth-order valence-electron chi connectivity index (χ4n) is 2.07. The molecule has 0 heterocycles. The summed E-state index contributed by atoms with van der Waals surface area (Å²) in [5.41, 5.74) is 0. The Hall–Kier alpha value is -0.180. The molecule has 0 rings (SSSR count). The molecule has 0 N–H and O–H groups in total. The van der Waals surface area contributed by atoms with E-state index in [-0.39, 0.29) is 5.97 Å². The van der Waals surface area contributed by atoms with Crippen LogP contribution in [0.1, 0.15) is 77.6 Å². The van der Waals surface area contributed by atoms with E-state index in [2.05, 4.69) is 6.92 Å². The zero-order chi connectivity index (χ0) is 14.2. The van der Waals surface area contributed by atoms with Crippen LogP contribution in [0.4, 0.5) is 0 Å². The summed E-state index contributed by atoms with van der Waals surface area (Å²) in [7, 11) is 0. The minimum atomic E-state index is -0.0198. The van der Waals surface area contributed by atoms with Crippen molar-refractivity contribution in [2.45, 2.75) is 77.6 Å². The summed E-state index contributed by atoms with van der Waals surface area (Å²) in [4.78, 5) is 11.3. The van der Waals surface area contributed by atoms with E-state index < -0.39 is 0 Å². The van der Waals surface area contributed by atoms with Crippen molar-refractivity contribution in [3.63, 3.8) is 0 Å². The average Bonchev–Trinajstić information content (AvgIpc) is 2.41. The highest BCUT2D eigenvalue weighted by Crippen LogP contribution is 2.11. The predicted molar refractivity (Wildman–Crippen MR) is 85.8 cm³/mol. The molecular weight excluding hydrogens is 256 g/mol. The van der Waals surface area contributed by atoms with E-state index >= 15 is 0 Å². The fourth-order valence-corrected chi connectivity index (χ4v) is 2.32. The van der Waals surface area contributed by atoms with Crippen LogP contribution in [-0.2, 0) is 9.53 Å². The average molecular weight is 288 g/mol. The van der Waals surface area contributed by atoms with E-state index in [1.165, 1.54) is 57.8 Å². The van der Waals surface area contributed by atoms with E-state index in [4.69, 9.17) is 4.74 Å². The van der Waals surface area contributed by atoms with Crippen molar-refractivity contribution in [3.8, 4) is 0 Å². The number of carbonyl (C=O) groups excluding carboxylic acids is 1. The van der Waals surface area contributed by atoms with Gasteiger partial charge in [-0.15, -0.1) is 0 Å². The van der Waals surface area contributed by atoms with Gasteiger partial charge in [0.2, 0.25) is 0 Å². The molecule has 0 atom stereocenters. The Morgan fingerprint density at radius 3 is 1.95 bits per heavy atom. The summed E-state index contributed by atoms with van der Waals surface area (Å²) < 4.78 is 5.11. The predicted octanol–water partition coefficient (Wildman–Crippen LogP) is 5.20. The zero-order valence-corrected chi connectivity index (χ0v) is 13.7. The van der Waals surface area contributed by atoms with Gasteiger partial charge < -0.3 is 4.74 Å². The van der Waals surface area contributed by atoms with Gasteiger partial charge in [0.15, 0.2) is 0 Å². The van der Waals surface area contributed by atoms with Crippen molar-refractivity contribution >= 4 is 17.7 Å². The third-order valence-corrected chi connectivity index (χ3v) is 3.86. The molecular formula is C16H32O2S. The van der Waals surface area contributed by atoms with Gasteiger partial charge in [0, 0.05) is 12.2 Å². The lowest BCUT2D eigenvalue weighted by atomic mass is 10.1. The molecule has 0 saturated heterocycles. The second-order valence-electron chi connectivity index (χ2n) is 5.15. The SMILES string of the molecule is CCCCCCCCCCCCC(=O)OCCSC. The first-order chi connectivity index (χ1) is 9.31. The Labute approximate surface area is 124 Å². The van der Waals surface area contributed by atoms with Gasteiger partial charge in [0.1, 0.15) is 6.61 Å². The molecule has 0 saturated carbocycles. The maximum atomic E-state index is 11.3. The van der Waals surface area contributed by atoms with Crippen LogP contribution in [0.25, 0.3) is 0 Å². The summed E-state index contributed by atoms with van der Waals surface area (Å²) >= 11 is 1.71. The van der Waals surface area contributed by atoms with E-state index in [9.17, 15) is 4.79 Å². The Balaban J connectivity index is 3.07. The van der Waals surface area contributed by atoms with Gasteiger partial charge >= 0.3 is 5.97 Å². The van der Waals surface area contributed by atoms with Gasteiger partial charge in [0.25, 0.3) is 0 Å². The lowest BCUT2D eigenvalue weighted by Crippen LogP contribution is -2.06. The number of hydrogen-bond donors (Lipinski definition) is 0. The Kier molecular flexibility index (Phi) is 15.7. The lowest BCUT2D eigenvalue weighted by molar-refractivity contribution is -0.143. The highest BCUT2D eigenvalue weighted by molar-refractivity contribution is 7.98. The standard InChI is InChI=1S/C16H32O2S/c1-3-4-5-6-7-8-9-10-11-12-13-16(17)18-14-15-19-2/h3-15H2,1-2H3. The maximum Gasteiger partial charge on any atom is 0.305 e. The van der Waals surface area contributed by atoms with Crippen LogP contribution in [0.3, 0.4) is 0 Å². The lowest BCUT2D eigenvalue weighted by Gasteiger charge is -2.04. The normalized spacial score (nSPS) is 10.6. The van der Waals surface area contributed by atoms with Crippen LogP contribution in [0, 0.1) is 0 Å². The van der Waals surface area contributed by atoms with Crippen LogP contribution < -0.4 is 0 Å². The summed E-state index contributed by atoms with van der Waals surface area (Å²) in [6, 6.07) is 0. The Bertz CT molecular complexity index is 195. The Morgan fingerprint density at radius 1 is 0.895 bits per heavy atom. The van der Waals surface area contributed by atoms with Crippen molar-refractivity contribution in [2.75, 3.05) is 18.6 Å². The Morgan fingerprint density at radius 2 is 1.42 bits per heavy atom. The van der Waals surface area contributed by atoms with Gasteiger partial charge in [-0.3, -0.25) is 4.79 Å². The van der Waals surface area contributed by atoms with Gasteiger partial charge in [-0.2, -0.15) is 11.8 Å². The molecule has 0 bridgehead atoms.